The standard InChI is InChI=1S/C22H29N3O5S/c1-15-10-19(29-3)11-16(2)21(15)31(27,28)25(18-4-5-18)13-20-12-17(14-30-20)22(26)24-8-6-23-7-9-24/h10-12,14,18,23H,4-9,13H2,1-3H3. The smallest absolute Gasteiger partial charge is 0.257 e. The number of benzene rings is 1. The first kappa shape index (κ1) is 21.9. The lowest BCUT2D eigenvalue weighted by Gasteiger charge is -2.26. The van der Waals surface area contributed by atoms with Gasteiger partial charge in [0.2, 0.25) is 10.0 Å². The molecule has 1 saturated heterocycles. The molecule has 31 heavy (non-hydrogen) atoms. The molecule has 1 aliphatic heterocycles. The Kier molecular flexibility index (Phi) is 6.09. The highest BCUT2D eigenvalue weighted by Gasteiger charge is 2.40. The Balaban J connectivity index is 1.58. The molecule has 1 amide bonds. The molecule has 0 radical (unpaired) electrons. The second kappa shape index (κ2) is 8.64. The summed E-state index contributed by atoms with van der Waals surface area (Å²) < 4.78 is 39.6. The number of hydrogen-bond acceptors (Lipinski definition) is 6. The zero-order valence-electron chi connectivity index (χ0n) is 18.2. The Labute approximate surface area is 183 Å². The number of ether oxygens (including phenoxy) is 1. The summed E-state index contributed by atoms with van der Waals surface area (Å²) in [7, 11) is -2.18. The van der Waals surface area contributed by atoms with Gasteiger partial charge in [0, 0.05) is 32.2 Å². The summed E-state index contributed by atoms with van der Waals surface area (Å²) in [6.45, 7) is 6.51. The van der Waals surface area contributed by atoms with Gasteiger partial charge in [-0.3, -0.25) is 4.79 Å². The van der Waals surface area contributed by atoms with Gasteiger partial charge in [0.1, 0.15) is 17.8 Å². The van der Waals surface area contributed by atoms with Crippen LogP contribution in [0.1, 0.15) is 40.1 Å². The van der Waals surface area contributed by atoms with Crippen LogP contribution in [0.3, 0.4) is 0 Å². The molecule has 168 valence electrons. The zero-order valence-corrected chi connectivity index (χ0v) is 19.0. The van der Waals surface area contributed by atoms with Gasteiger partial charge in [-0.15, -0.1) is 0 Å². The summed E-state index contributed by atoms with van der Waals surface area (Å²) in [6, 6.07) is 5.09. The molecular formula is C22H29N3O5S. The highest BCUT2D eigenvalue weighted by atomic mass is 32.2. The van der Waals surface area contributed by atoms with Crippen LogP contribution in [-0.2, 0) is 16.6 Å². The summed E-state index contributed by atoms with van der Waals surface area (Å²) in [5.74, 6) is 1.02. The average molecular weight is 448 g/mol. The van der Waals surface area contributed by atoms with Crippen molar-refractivity contribution in [2.75, 3.05) is 33.3 Å². The van der Waals surface area contributed by atoms with Gasteiger partial charge in [-0.05, 0) is 56.0 Å². The topological polar surface area (TPSA) is 92.1 Å². The molecule has 1 N–H and O–H groups in total. The van der Waals surface area contributed by atoms with Gasteiger partial charge in [0.05, 0.1) is 24.1 Å². The first-order valence-electron chi connectivity index (χ1n) is 10.6. The summed E-state index contributed by atoms with van der Waals surface area (Å²) >= 11 is 0. The number of methoxy groups -OCH3 is 1. The van der Waals surface area contributed by atoms with Gasteiger partial charge in [-0.2, -0.15) is 4.31 Å². The van der Waals surface area contributed by atoms with E-state index in [1.165, 1.54) is 10.6 Å². The SMILES string of the molecule is COc1cc(C)c(S(=O)(=O)N(Cc2cc(C(=O)N3CCNCC3)co2)C2CC2)c(C)c1. The van der Waals surface area contributed by atoms with Gasteiger partial charge in [0.25, 0.3) is 5.91 Å². The number of furan rings is 1. The van der Waals surface area contributed by atoms with Crippen molar-refractivity contribution in [2.45, 2.75) is 44.2 Å². The molecule has 0 bridgehead atoms. The van der Waals surface area contributed by atoms with Crippen molar-refractivity contribution in [3.63, 3.8) is 0 Å². The number of rotatable bonds is 7. The maximum Gasteiger partial charge on any atom is 0.257 e. The third kappa shape index (κ3) is 4.49. The first-order chi connectivity index (χ1) is 14.8. The quantitative estimate of drug-likeness (QED) is 0.700. The van der Waals surface area contributed by atoms with E-state index in [1.807, 2.05) is 0 Å². The lowest BCUT2D eigenvalue weighted by Crippen LogP contribution is -2.46. The monoisotopic (exact) mass is 447 g/mol. The molecular weight excluding hydrogens is 418 g/mol. The van der Waals surface area contributed by atoms with Crippen molar-refractivity contribution < 1.29 is 22.4 Å². The fraction of sp³-hybridized carbons (Fsp3) is 0.500. The lowest BCUT2D eigenvalue weighted by molar-refractivity contribution is 0.0735. The minimum atomic E-state index is -3.74. The third-order valence-corrected chi connectivity index (χ3v) is 8.01. The van der Waals surface area contributed by atoms with E-state index in [0.29, 0.717) is 46.2 Å². The molecule has 0 spiro atoms. The molecule has 0 atom stereocenters. The van der Waals surface area contributed by atoms with E-state index in [4.69, 9.17) is 9.15 Å². The number of carbonyl (C=O) groups is 1. The molecule has 2 fully saturated rings. The Morgan fingerprint density at radius 3 is 2.42 bits per heavy atom. The van der Waals surface area contributed by atoms with Crippen molar-refractivity contribution in [3.8, 4) is 5.75 Å². The third-order valence-electron chi connectivity index (χ3n) is 5.81. The number of piperazine rings is 1. The summed E-state index contributed by atoms with van der Waals surface area (Å²) in [4.78, 5) is 14.8. The van der Waals surface area contributed by atoms with E-state index < -0.39 is 10.0 Å². The summed E-state index contributed by atoms with van der Waals surface area (Å²) in [5, 5.41) is 3.22. The van der Waals surface area contributed by atoms with Crippen LogP contribution in [0.25, 0.3) is 0 Å². The minimum Gasteiger partial charge on any atom is -0.497 e. The first-order valence-corrected chi connectivity index (χ1v) is 12.0. The van der Waals surface area contributed by atoms with Gasteiger partial charge < -0.3 is 19.4 Å². The molecule has 1 aromatic heterocycles. The number of hydrogen-bond donors (Lipinski definition) is 1. The van der Waals surface area contributed by atoms with Crippen molar-refractivity contribution in [1.82, 2.24) is 14.5 Å². The van der Waals surface area contributed by atoms with E-state index >= 15 is 0 Å². The van der Waals surface area contributed by atoms with Gasteiger partial charge in [0.15, 0.2) is 0 Å². The predicted molar refractivity (Wildman–Crippen MR) is 116 cm³/mol. The summed E-state index contributed by atoms with van der Waals surface area (Å²) in [5.41, 5.74) is 1.76. The van der Waals surface area contributed by atoms with Crippen molar-refractivity contribution >= 4 is 15.9 Å². The lowest BCUT2D eigenvalue weighted by atomic mass is 10.1. The number of sulfonamides is 1. The van der Waals surface area contributed by atoms with Crippen LogP contribution in [-0.4, -0.2) is 62.9 Å². The number of nitrogens with zero attached hydrogens (tertiary/aromatic N) is 2. The van der Waals surface area contributed by atoms with Crippen LogP contribution in [0, 0.1) is 13.8 Å². The van der Waals surface area contributed by atoms with E-state index in [9.17, 15) is 13.2 Å². The van der Waals surface area contributed by atoms with Crippen LogP contribution in [0.2, 0.25) is 0 Å². The fourth-order valence-electron chi connectivity index (χ4n) is 4.11. The molecule has 9 heteroatoms. The number of nitrogens with one attached hydrogen (secondary N) is 1. The number of aryl methyl sites for hydroxylation is 2. The molecule has 1 aliphatic carbocycles. The fourth-order valence-corrected chi connectivity index (χ4v) is 6.17. The Bertz CT molecular complexity index is 1050. The highest BCUT2D eigenvalue weighted by molar-refractivity contribution is 7.89. The number of amides is 1. The Morgan fingerprint density at radius 1 is 1.19 bits per heavy atom. The van der Waals surface area contributed by atoms with Crippen molar-refractivity contribution in [2.24, 2.45) is 0 Å². The van der Waals surface area contributed by atoms with E-state index in [2.05, 4.69) is 5.32 Å². The predicted octanol–water partition coefficient (Wildman–Crippen LogP) is 2.30. The normalized spacial score (nSPS) is 17.2. The number of carbonyl (C=O) groups excluding carboxylic acids is 1. The van der Waals surface area contributed by atoms with Crippen LogP contribution in [0.5, 0.6) is 5.75 Å². The molecule has 2 aromatic rings. The average Bonchev–Trinajstić information content (AvgIpc) is 3.48. The Hall–Kier alpha value is -2.36. The van der Waals surface area contributed by atoms with Crippen molar-refractivity contribution in [1.29, 1.82) is 0 Å². The second-order valence-corrected chi connectivity index (χ2v) is 10.0. The molecule has 0 unspecified atom stereocenters. The molecule has 1 saturated carbocycles. The summed E-state index contributed by atoms with van der Waals surface area (Å²) in [6.07, 6.45) is 3.07. The van der Waals surface area contributed by atoms with Crippen LogP contribution >= 0.6 is 0 Å². The molecule has 2 aliphatic rings. The van der Waals surface area contributed by atoms with Gasteiger partial charge in [-0.1, -0.05) is 0 Å². The van der Waals surface area contributed by atoms with Crippen LogP contribution < -0.4 is 10.1 Å². The molecule has 2 heterocycles. The van der Waals surface area contributed by atoms with E-state index in [0.717, 1.165) is 25.9 Å². The molecule has 4 rings (SSSR count). The second-order valence-electron chi connectivity index (χ2n) is 8.22. The van der Waals surface area contributed by atoms with Crippen LogP contribution in [0.15, 0.2) is 33.8 Å². The van der Waals surface area contributed by atoms with Crippen LogP contribution in [0.4, 0.5) is 0 Å². The maximum absolute atomic E-state index is 13.6. The minimum absolute atomic E-state index is 0.0525. The van der Waals surface area contributed by atoms with Gasteiger partial charge >= 0.3 is 0 Å². The largest absolute Gasteiger partial charge is 0.497 e. The Morgan fingerprint density at radius 2 is 1.84 bits per heavy atom. The zero-order chi connectivity index (χ0) is 22.2. The van der Waals surface area contributed by atoms with Crippen molar-refractivity contribution in [3.05, 3.63) is 46.9 Å². The van der Waals surface area contributed by atoms with Gasteiger partial charge in [-0.25, -0.2) is 8.42 Å². The van der Waals surface area contributed by atoms with E-state index in [1.54, 1.807) is 44.1 Å². The molecule has 1 aromatic carbocycles. The van der Waals surface area contributed by atoms with E-state index in [-0.39, 0.29) is 18.5 Å². The highest BCUT2D eigenvalue weighted by Crippen LogP contribution is 2.36. The molecule has 8 nitrogen and oxygen atoms in total. The maximum atomic E-state index is 13.6.